The van der Waals surface area contributed by atoms with Crippen LogP contribution in [0, 0.1) is 0 Å². The van der Waals surface area contributed by atoms with Gasteiger partial charge in [0, 0.05) is 47.8 Å². The van der Waals surface area contributed by atoms with Crippen LogP contribution in [0.5, 0.6) is 11.5 Å². The maximum atomic E-state index is 13.3. The van der Waals surface area contributed by atoms with Crippen molar-refractivity contribution in [3.8, 4) is 11.5 Å². The SMILES string of the molecule is CCN1C2=C(C(=O)CCC2)C(c2ccc(OS(=O)(=O)c3ccccc3)c(OC)c2)C2=C1CCCC2=O. The van der Waals surface area contributed by atoms with Crippen molar-refractivity contribution in [1.29, 1.82) is 0 Å². The molecule has 2 aromatic carbocycles. The highest BCUT2D eigenvalue weighted by Crippen LogP contribution is 2.50. The van der Waals surface area contributed by atoms with Crippen molar-refractivity contribution in [1.82, 2.24) is 4.90 Å². The molecule has 0 bridgehead atoms. The van der Waals surface area contributed by atoms with Crippen molar-refractivity contribution in [2.45, 2.75) is 56.3 Å². The standard InChI is InChI=1S/C28H29NO6S/c1-3-29-20-11-7-13-22(30)27(20)26(28-21(29)12-8-14-23(28)31)18-15-16-24(25(17-18)34-2)35-36(32,33)19-9-5-4-6-10-19/h4-6,9-10,15-17,26H,3,7-8,11-14H2,1-2H3. The molecule has 0 atom stereocenters. The zero-order valence-electron chi connectivity index (χ0n) is 20.5. The molecule has 1 aliphatic heterocycles. The minimum absolute atomic E-state index is 0.0354. The number of ether oxygens (including phenoxy) is 1. The quantitative estimate of drug-likeness (QED) is 0.514. The summed E-state index contributed by atoms with van der Waals surface area (Å²) in [7, 11) is -2.63. The van der Waals surface area contributed by atoms with Gasteiger partial charge >= 0.3 is 10.1 Å². The minimum Gasteiger partial charge on any atom is -0.493 e. The second-order valence-corrected chi connectivity index (χ2v) is 10.8. The summed E-state index contributed by atoms with van der Waals surface area (Å²) >= 11 is 0. The number of ketones is 2. The lowest BCUT2D eigenvalue weighted by Gasteiger charge is -2.43. The maximum Gasteiger partial charge on any atom is 0.339 e. The van der Waals surface area contributed by atoms with Crippen LogP contribution in [0.3, 0.4) is 0 Å². The summed E-state index contributed by atoms with van der Waals surface area (Å²) in [6.07, 6.45) is 4.10. The first-order valence-electron chi connectivity index (χ1n) is 12.3. The summed E-state index contributed by atoms with van der Waals surface area (Å²) in [5.74, 6) is -0.0941. The van der Waals surface area contributed by atoms with Crippen LogP contribution in [0.2, 0.25) is 0 Å². The molecule has 7 nitrogen and oxygen atoms in total. The number of rotatable bonds is 6. The molecule has 3 aliphatic rings. The van der Waals surface area contributed by atoms with Crippen molar-refractivity contribution in [3.05, 3.63) is 76.6 Å². The van der Waals surface area contributed by atoms with Crippen LogP contribution in [-0.4, -0.2) is 38.5 Å². The highest BCUT2D eigenvalue weighted by atomic mass is 32.2. The van der Waals surface area contributed by atoms with E-state index in [0.717, 1.165) is 42.6 Å². The van der Waals surface area contributed by atoms with Gasteiger partial charge in [-0.3, -0.25) is 9.59 Å². The Bertz CT molecular complexity index is 1350. The van der Waals surface area contributed by atoms with E-state index in [0.29, 0.717) is 30.5 Å². The molecule has 0 N–H and O–H groups in total. The van der Waals surface area contributed by atoms with E-state index in [1.54, 1.807) is 36.4 Å². The van der Waals surface area contributed by atoms with Crippen molar-refractivity contribution < 1.29 is 26.9 Å². The molecule has 0 fully saturated rings. The number of nitrogens with zero attached hydrogens (tertiary/aromatic N) is 1. The van der Waals surface area contributed by atoms with Gasteiger partial charge in [0.2, 0.25) is 0 Å². The summed E-state index contributed by atoms with van der Waals surface area (Å²) < 4.78 is 36.5. The van der Waals surface area contributed by atoms with Crippen LogP contribution in [0.4, 0.5) is 0 Å². The van der Waals surface area contributed by atoms with Crippen LogP contribution >= 0.6 is 0 Å². The van der Waals surface area contributed by atoms with Gasteiger partial charge in [0.05, 0.1) is 7.11 Å². The van der Waals surface area contributed by atoms with Gasteiger partial charge in [-0.2, -0.15) is 8.42 Å². The number of Topliss-reactive ketones (excluding diaryl/α,β-unsaturated/α-hetero) is 2. The molecule has 0 saturated carbocycles. The number of carbonyl (C=O) groups is 2. The molecular weight excluding hydrogens is 478 g/mol. The average Bonchev–Trinajstić information content (AvgIpc) is 2.88. The lowest BCUT2D eigenvalue weighted by atomic mass is 9.71. The van der Waals surface area contributed by atoms with Gasteiger partial charge in [0.25, 0.3) is 0 Å². The molecule has 0 amide bonds. The molecule has 5 rings (SSSR count). The van der Waals surface area contributed by atoms with Gasteiger partial charge < -0.3 is 13.8 Å². The third kappa shape index (κ3) is 4.13. The van der Waals surface area contributed by atoms with Crippen molar-refractivity contribution >= 4 is 21.7 Å². The van der Waals surface area contributed by atoms with Gasteiger partial charge in [-0.15, -0.1) is 0 Å². The van der Waals surface area contributed by atoms with Gasteiger partial charge in [-0.1, -0.05) is 24.3 Å². The first-order chi connectivity index (χ1) is 17.4. The normalized spacial score (nSPS) is 18.8. The molecule has 0 saturated heterocycles. The van der Waals surface area contributed by atoms with E-state index in [-0.39, 0.29) is 28.0 Å². The number of benzene rings is 2. The molecule has 0 spiro atoms. The largest absolute Gasteiger partial charge is 0.493 e. The molecule has 0 aromatic heterocycles. The Morgan fingerprint density at radius 3 is 2.03 bits per heavy atom. The molecular formula is C28H29NO6S. The number of methoxy groups -OCH3 is 1. The first-order valence-corrected chi connectivity index (χ1v) is 13.7. The highest BCUT2D eigenvalue weighted by Gasteiger charge is 2.43. The van der Waals surface area contributed by atoms with E-state index in [9.17, 15) is 18.0 Å². The second-order valence-electron chi connectivity index (χ2n) is 9.21. The summed E-state index contributed by atoms with van der Waals surface area (Å²) in [6, 6.07) is 12.9. The lowest BCUT2D eigenvalue weighted by Crippen LogP contribution is -2.39. The zero-order valence-corrected chi connectivity index (χ0v) is 21.3. The van der Waals surface area contributed by atoms with Gasteiger partial charge in [-0.25, -0.2) is 0 Å². The van der Waals surface area contributed by atoms with E-state index in [4.69, 9.17) is 8.92 Å². The molecule has 36 heavy (non-hydrogen) atoms. The number of carbonyl (C=O) groups excluding carboxylic acids is 2. The monoisotopic (exact) mass is 507 g/mol. The smallest absolute Gasteiger partial charge is 0.339 e. The van der Waals surface area contributed by atoms with E-state index >= 15 is 0 Å². The van der Waals surface area contributed by atoms with Gasteiger partial charge in [0.15, 0.2) is 23.1 Å². The number of allylic oxidation sites excluding steroid dienone is 4. The predicted octanol–water partition coefficient (Wildman–Crippen LogP) is 4.90. The predicted molar refractivity (Wildman–Crippen MR) is 134 cm³/mol. The van der Waals surface area contributed by atoms with Gasteiger partial charge in [0.1, 0.15) is 4.90 Å². The Kier molecular flexibility index (Phi) is 6.47. The van der Waals surface area contributed by atoms with Crippen molar-refractivity contribution in [3.63, 3.8) is 0 Å². The Morgan fingerprint density at radius 2 is 1.47 bits per heavy atom. The Labute approximate surface area is 211 Å². The van der Waals surface area contributed by atoms with Crippen LogP contribution in [0.15, 0.2) is 76.0 Å². The van der Waals surface area contributed by atoms with Crippen LogP contribution in [0.1, 0.15) is 56.9 Å². The second kappa shape index (κ2) is 9.58. The summed E-state index contributed by atoms with van der Waals surface area (Å²) in [6.45, 7) is 2.76. The molecule has 0 unspecified atom stereocenters. The fourth-order valence-electron chi connectivity index (χ4n) is 5.62. The fourth-order valence-corrected chi connectivity index (χ4v) is 6.58. The third-order valence-electron chi connectivity index (χ3n) is 7.16. The summed E-state index contributed by atoms with van der Waals surface area (Å²) in [5.41, 5.74) is 4.11. The van der Waals surface area contributed by atoms with Crippen molar-refractivity contribution in [2.24, 2.45) is 0 Å². The minimum atomic E-state index is -4.06. The molecule has 8 heteroatoms. The van der Waals surface area contributed by atoms with E-state index in [1.807, 2.05) is 0 Å². The van der Waals surface area contributed by atoms with Crippen molar-refractivity contribution in [2.75, 3.05) is 13.7 Å². The third-order valence-corrected chi connectivity index (χ3v) is 8.40. The summed E-state index contributed by atoms with van der Waals surface area (Å²) in [5, 5.41) is 0. The average molecular weight is 508 g/mol. The van der Waals surface area contributed by atoms with E-state index in [2.05, 4.69) is 11.8 Å². The van der Waals surface area contributed by atoms with Gasteiger partial charge in [-0.05, 0) is 62.4 Å². The first kappa shape index (κ1) is 24.3. The van der Waals surface area contributed by atoms with Crippen LogP contribution < -0.4 is 8.92 Å². The fraction of sp³-hybridized carbons (Fsp3) is 0.357. The number of hydrogen-bond donors (Lipinski definition) is 0. The van der Waals surface area contributed by atoms with E-state index in [1.165, 1.54) is 19.2 Å². The lowest BCUT2D eigenvalue weighted by molar-refractivity contribution is -0.117. The van der Waals surface area contributed by atoms with Crippen LogP contribution in [-0.2, 0) is 19.7 Å². The molecule has 1 heterocycles. The highest BCUT2D eigenvalue weighted by molar-refractivity contribution is 7.87. The molecule has 188 valence electrons. The Hall–Kier alpha value is -3.39. The van der Waals surface area contributed by atoms with E-state index < -0.39 is 16.0 Å². The Morgan fingerprint density at radius 1 is 0.861 bits per heavy atom. The zero-order chi connectivity index (χ0) is 25.4. The van der Waals surface area contributed by atoms with Crippen LogP contribution in [0.25, 0.3) is 0 Å². The molecule has 2 aliphatic carbocycles. The Balaban J connectivity index is 1.61. The molecule has 0 radical (unpaired) electrons. The maximum absolute atomic E-state index is 13.3. The topological polar surface area (TPSA) is 90.0 Å². The number of hydrogen-bond acceptors (Lipinski definition) is 7. The molecule has 2 aromatic rings. The summed E-state index contributed by atoms with van der Waals surface area (Å²) in [4.78, 5) is 28.7.